The molecule has 2 aliphatic heterocycles. The number of aromatic nitrogens is 1. The molecule has 6 rings (SSSR count). The molecule has 0 spiro atoms. The maximum Gasteiger partial charge on any atom is 0.250 e. The van der Waals surface area contributed by atoms with Gasteiger partial charge in [0.2, 0.25) is 5.91 Å². The van der Waals surface area contributed by atoms with E-state index in [9.17, 15) is 13.6 Å². The maximum absolute atomic E-state index is 14.7. The van der Waals surface area contributed by atoms with E-state index in [2.05, 4.69) is 10.3 Å². The van der Waals surface area contributed by atoms with E-state index < -0.39 is 29.5 Å². The van der Waals surface area contributed by atoms with Gasteiger partial charge in [0.15, 0.2) is 12.6 Å². The summed E-state index contributed by atoms with van der Waals surface area (Å²) in [6, 6.07) is 17.8. The molecule has 43 heavy (non-hydrogen) atoms. The highest BCUT2D eigenvalue weighted by atomic mass is 35.5. The number of anilines is 2. The van der Waals surface area contributed by atoms with E-state index in [0.29, 0.717) is 46.4 Å². The average Bonchev–Trinajstić information content (AvgIpc) is 3.43. The van der Waals surface area contributed by atoms with Gasteiger partial charge < -0.3 is 34.7 Å². The first-order valence-electron chi connectivity index (χ1n) is 13.8. The number of nitrogens with zero attached hydrogens (tertiary/aromatic N) is 2. The number of ether oxygens (including phenoxy) is 3. The zero-order chi connectivity index (χ0) is 30.2. The van der Waals surface area contributed by atoms with Crippen molar-refractivity contribution in [3.05, 3.63) is 89.1 Å². The number of rotatable bonds is 8. The SMILES string of the molecule is COc1cc([C@H](Nc2ccc3c(N)nccc3c2)C(=O)N2CC[C@H](C3OC(C)O3)[C@@H]2c2ccccc2S(=O)[O-])ccc1Cl. The van der Waals surface area contributed by atoms with E-state index in [-0.39, 0.29) is 23.0 Å². The van der Waals surface area contributed by atoms with Crippen LogP contribution in [0.25, 0.3) is 10.8 Å². The fourth-order valence-corrected chi connectivity index (χ4v) is 6.75. The van der Waals surface area contributed by atoms with E-state index in [0.717, 1.165) is 10.8 Å². The quantitative estimate of drug-likeness (QED) is 0.255. The third kappa shape index (κ3) is 5.66. The lowest BCUT2D eigenvalue weighted by Crippen LogP contribution is -2.47. The molecule has 10 nitrogen and oxygen atoms in total. The molecule has 224 valence electrons. The van der Waals surface area contributed by atoms with E-state index in [1.165, 1.54) is 13.2 Å². The zero-order valence-electron chi connectivity index (χ0n) is 23.4. The number of methoxy groups -OCH3 is 1. The average molecular weight is 622 g/mol. The number of pyridine rings is 1. The monoisotopic (exact) mass is 621 g/mol. The number of nitrogens with two attached hydrogens (primary N) is 1. The van der Waals surface area contributed by atoms with Crippen LogP contribution in [0.1, 0.15) is 36.6 Å². The van der Waals surface area contributed by atoms with Gasteiger partial charge in [-0.2, -0.15) is 0 Å². The summed E-state index contributed by atoms with van der Waals surface area (Å²) in [7, 11) is 1.51. The van der Waals surface area contributed by atoms with Gasteiger partial charge in [-0.05, 0) is 83.4 Å². The van der Waals surface area contributed by atoms with Crippen LogP contribution in [0.2, 0.25) is 5.02 Å². The summed E-state index contributed by atoms with van der Waals surface area (Å²) in [5.41, 5.74) is 7.87. The Morgan fingerprint density at radius 2 is 1.98 bits per heavy atom. The van der Waals surface area contributed by atoms with Crippen LogP contribution in [0.5, 0.6) is 5.75 Å². The van der Waals surface area contributed by atoms with Gasteiger partial charge in [0.25, 0.3) is 0 Å². The van der Waals surface area contributed by atoms with Gasteiger partial charge in [-0.25, -0.2) is 4.98 Å². The van der Waals surface area contributed by atoms with E-state index in [4.69, 9.17) is 31.5 Å². The van der Waals surface area contributed by atoms with E-state index in [1.807, 2.05) is 24.3 Å². The number of likely N-dealkylation sites (tertiary alicyclic amines) is 1. The smallest absolute Gasteiger partial charge is 0.250 e. The Bertz CT molecular complexity index is 1700. The number of nitrogens with one attached hydrogen (secondary N) is 1. The molecule has 2 fully saturated rings. The van der Waals surface area contributed by atoms with Crippen LogP contribution < -0.4 is 15.8 Å². The first kappa shape index (κ1) is 29.3. The molecule has 3 N–H and O–H groups in total. The van der Waals surface area contributed by atoms with Gasteiger partial charge in [0.1, 0.15) is 17.6 Å². The van der Waals surface area contributed by atoms with Gasteiger partial charge in [0, 0.05) is 34.6 Å². The van der Waals surface area contributed by atoms with Crippen molar-refractivity contribution in [1.29, 1.82) is 0 Å². The fraction of sp³-hybridized carbons (Fsp3) is 0.290. The summed E-state index contributed by atoms with van der Waals surface area (Å²) in [6.07, 6.45) is 1.26. The van der Waals surface area contributed by atoms with Crippen LogP contribution >= 0.6 is 11.6 Å². The second-order valence-corrected chi connectivity index (χ2v) is 11.8. The zero-order valence-corrected chi connectivity index (χ0v) is 25.0. The minimum Gasteiger partial charge on any atom is -0.768 e. The molecule has 0 bridgehead atoms. The lowest BCUT2D eigenvalue weighted by atomic mass is 9.91. The van der Waals surface area contributed by atoms with Crippen molar-refractivity contribution in [3.8, 4) is 5.75 Å². The minimum absolute atomic E-state index is 0.128. The van der Waals surface area contributed by atoms with Crippen molar-refractivity contribution in [2.45, 2.75) is 42.9 Å². The summed E-state index contributed by atoms with van der Waals surface area (Å²) in [4.78, 5) is 20.7. The number of hydrogen-bond acceptors (Lipinski definition) is 9. The molecular weight excluding hydrogens is 592 g/mol. The first-order chi connectivity index (χ1) is 20.7. The molecular formula is C31H30ClN4O6S-. The van der Waals surface area contributed by atoms with Crippen molar-refractivity contribution < 1.29 is 27.8 Å². The summed E-state index contributed by atoms with van der Waals surface area (Å²) in [6.45, 7) is 2.17. The van der Waals surface area contributed by atoms with Gasteiger partial charge in [-0.15, -0.1) is 0 Å². The Hall–Kier alpha value is -3.74. The molecule has 4 aromatic rings. The van der Waals surface area contributed by atoms with Crippen LogP contribution in [0.3, 0.4) is 0 Å². The third-order valence-electron chi connectivity index (χ3n) is 8.01. The van der Waals surface area contributed by atoms with Crippen LogP contribution in [-0.4, -0.2) is 50.8 Å². The molecule has 3 aromatic carbocycles. The second kappa shape index (κ2) is 12.1. The van der Waals surface area contributed by atoms with Crippen LogP contribution in [0, 0.1) is 5.92 Å². The summed E-state index contributed by atoms with van der Waals surface area (Å²) >= 11 is 3.83. The Morgan fingerprint density at radius 3 is 2.72 bits per heavy atom. The number of nitrogen functional groups attached to an aromatic ring is 1. The van der Waals surface area contributed by atoms with Crippen molar-refractivity contribution in [3.63, 3.8) is 0 Å². The van der Waals surface area contributed by atoms with Gasteiger partial charge in [-0.1, -0.05) is 35.9 Å². The Morgan fingerprint density at radius 1 is 1.19 bits per heavy atom. The number of fused-ring (bicyclic) bond motifs is 1. The standard InChI is InChI=1S/C31H31ClN4O6S/c1-17-41-31(42-17)23-12-14-36(28(23)22-5-3-4-6-26(22)43(38)39)30(37)27(19-7-10-24(32)25(16-19)40-2)35-20-8-9-21-18(15-20)11-13-34-29(21)33/h3-11,13,15-17,23,27-28,31,35H,12,14H2,1-2H3,(H2,33,34)(H,38,39)/p-1/t17?,23-,27-,28-,31?/m0/s1. The minimum atomic E-state index is -2.52. The van der Waals surface area contributed by atoms with E-state index in [1.54, 1.807) is 54.4 Å². The largest absolute Gasteiger partial charge is 0.768 e. The second-order valence-electron chi connectivity index (χ2n) is 10.5. The number of amides is 1. The third-order valence-corrected chi connectivity index (χ3v) is 9.05. The summed E-state index contributed by atoms with van der Waals surface area (Å²) in [5.74, 6) is 0.296. The van der Waals surface area contributed by atoms with Crippen molar-refractivity contribution in [1.82, 2.24) is 9.88 Å². The number of carbonyl (C=O) groups is 1. The van der Waals surface area contributed by atoms with Gasteiger partial charge in [0.05, 0.1) is 18.2 Å². The topological polar surface area (TPSA) is 139 Å². The summed E-state index contributed by atoms with van der Waals surface area (Å²) < 4.78 is 41.7. The van der Waals surface area contributed by atoms with Crippen molar-refractivity contribution in [2.75, 3.05) is 24.7 Å². The summed E-state index contributed by atoms with van der Waals surface area (Å²) in [5, 5.41) is 5.47. The Labute approximate surface area is 256 Å². The number of halogens is 1. The predicted molar refractivity (Wildman–Crippen MR) is 162 cm³/mol. The fourth-order valence-electron chi connectivity index (χ4n) is 5.98. The molecule has 1 aromatic heterocycles. The number of carbonyl (C=O) groups excluding carboxylic acids is 1. The molecule has 12 heteroatoms. The van der Waals surface area contributed by atoms with Gasteiger partial charge in [-0.3, -0.25) is 9.00 Å². The van der Waals surface area contributed by atoms with Crippen LogP contribution in [-0.2, 0) is 25.3 Å². The maximum atomic E-state index is 14.7. The number of benzene rings is 3. The molecule has 4 atom stereocenters. The lowest BCUT2D eigenvalue weighted by molar-refractivity contribution is -0.393. The lowest BCUT2D eigenvalue weighted by Gasteiger charge is -2.41. The number of hydrogen-bond donors (Lipinski definition) is 2. The molecule has 0 saturated carbocycles. The molecule has 3 heterocycles. The highest BCUT2D eigenvalue weighted by molar-refractivity contribution is 7.79. The van der Waals surface area contributed by atoms with Gasteiger partial charge >= 0.3 is 0 Å². The van der Waals surface area contributed by atoms with Crippen molar-refractivity contribution in [2.24, 2.45) is 5.92 Å². The molecule has 2 aliphatic rings. The highest BCUT2D eigenvalue weighted by Crippen LogP contribution is 2.46. The Kier molecular flexibility index (Phi) is 8.25. The predicted octanol–water partition coefficient (Wildman–Crippen LogP) is 5.18. The van der Waals surface area contributed by atoms with Crippen LogP contribution in [0.4, 0.5) is 11.5 Å². The van der Waals surface area contributed by atoms with Crippen LogP contribution in [0.15, 0.2) is 77.8 Å². The Balaban J connectivity index is 1.42. The molecule has 0 aliphatic carbocycles. The first-order valence-corrected chi connectivity index (χ1v) is 15.2. The van der Waals surface area contributed by atoms with Crippen molar-refractivity contribution >= 4 is 50.9 Å². The highest BCUT2D eigenvalue weighted by Gasteiger charge is 2.49. The molecule has 0 radical (unpaired) electrons. The molecule has 1 amide bonds. The molecule has 1 unspecified atom stereocenters. The normalized spacial score (nSPS) is 23.0. The molecule has 2 saturated heterocycles. The van der Waals surface area contributed by atoms with E-state index >= 15 is 0 Å².